The molecule has 5 nitrogen and oxygen atoms in total. The number of hydrogen-bond acceptors (Lipinski definition) is 3. The van der Waals surface area contributed by atoms with Crippen molar-refractivity contribution in [3.63, 3.8) is 0 Å². The normalized spacial score (nSPS) is 10.7. The fourth-order valence-corrected chi connectivity index (χ4v) is 2.36. The van der Waals surface area contributed by atoms with Crippen LogP contribution in [0.25, 0.3) is 11.3 Å². The second-order valence-electron chi connectivity index (χ2n) is 4.55. The van der Waals surface area contributed by atoms with Crippen LogP contribution < -0.4 is 0 Å². The molecule has 0 saturated carbocycles. The molecular formula is C13H15N3O2. The van der Waals surface area contributed by atoms with Crippen LogP contribution in [0.15, 0.2) is 12.1 Å². The van der Waals surface area contributed by atoms with Gasteiger partial charge in [-0.3, -0.25) is 0 Å². The lowest BCUT2D eigenvalue weighted by atomic mass is 9.97. The zero-order valence-electron chi connectivity index (χ0n) is 10.9. The van der Waals surface area contributed by atoms with Crippen molar-refractivity contribution in [1.82, 2.24) is 9.97 Å². The van der Waals surface area contributed by atoms with Crippen LogP contribution in [0.3, 0.4) is 0 Å². The molecule has 1 aromatic carbocycles. The molecule has 94 valence electrons. The molecule has 0 spiro atoms. The molecule has 0 atom stereocenters. The van der Waals surface area contributed by atoms with Gasteiger partial charge in [0.1, 0.15) is 5.69 Å². The molecule has 18 heavy (non-hydrogen) atoms. The number of rotatable bonds is 2. The van der Waals surface area contributed by atoms with Crippen LogP contribution in [0.1, 0.15) is 22.5 Å². The molecular weight excluding hydrogens is 230 g/mol. The van der Waals surface area contributed by atoms with Crippen LogP contribution in [0.2, 0.25) is 0 Å². The second kappa shape index (κ2) is 4.25. The number of nitrogens with zero attached hydrogens (tertiary/aromatic N) is 2. The van der Waals surface area contributed by atoms with E-state index in [1.54, 1.807) is 6.92 Å². The SMILES string of the molecule is Cc1cc(C)c(-c2[nH]c(C)nc2[N+](=O)[O-])c(C)c1. The Labute approximate surface area is 105 Å². The third kappa shape index (κ3) is 1.99. The minimum atomic E-state index is -0.447. The summed E-state index contributed by atoms with van der Waals surface area (Å²) in [5.74, 6) is 0.443. The van der Waals surface area contributed by atoms with Gasteiger partial charge in [-0.05, 0) is 41.8 Å². The van der Waals surface area contributed by atoms with Crippen LogP contribution in [0.5, 0.6) is 0 Å². The van der Waals surface area contributed by atoms with Crippen molar-refractivity contribution >= 4 is 5.82 Å². The van der Waals surface area contributed by atoms with Gasteiger partial charge in [0, 0.05) is 12.5 Å². The van der Waals surface area contributed by atoms with Crippen LogP contribution in [0.4, 0.5) is 5.82 Å². The number of nitrogens with one attached hydrogen (secondary N) is 1. The van der Waals surface area contributed by atoms with Gasteiger partial charge in [-0.25, -0.2) is 0 Å². The number of aromatic nitrogens is 2. The minimum absolute atomic E-state index is 0.109. The van der Waals surface area contributed by atoms with E-state index in [9.17, 15) is 10.1 Å². The molecule has 0 bridgehead atoms. The highest BCUT2D eigenvalue weighted by Gasteiger charge is 2.23. The largest absolute Gasteiger partial charge is 0.389 e. The number of aromatic amines is 1. The van der Waals surface area contributed by atoms with E-state index in [2.05, 4.69) is 9.97 Å². The Kier molecular flexibility index (Phi) is 2.90. The Hall–Kier alpha value is -2.17. The Bertz CT molecular complexity index is 606. The van der Waals surface area contributed by atoms with Gasteiger partial charge in [0.25, 0.3) is 0 Å². The predicted octanol–water partition coefficient (Wildman–Crippen LogP) is 3.22. The number of benzene rings is 1. The van der Waals surface area contributed by atoms with E-state index in [0.717, 1.165) is 22.3 Å². The van der Waals surface area contributed by atoms with E-state index in [0.29, 0.717) is 11.5 Å². The average Bonchev–Trinajstić information content (AvgIpc) is 2.58. The van der Waals surface area contributed by atoms with Crippen molar-refractivity contribution in [2.24, 2.45) is 0 Å². The van der Waals surface area contributed by atoms with Crippen molar-refractivity contribution in [2.45, 2.75) is 27.7 Å². The van der Waals surface area contributed by atoms with Crippen molar-refractivity contribution in [3.05, 3.63) is 44.8 Å². The number of aryl methyl sites for hydroxylation is 4. The van der Waals surface area contributed by atoms with Crippen LogP contribution in [0, 0.1) is 37.8 Å². The maximum atomic E-state index is 11.0. The fraction of sp³-hybridized carbons (Fsp3) is 0.308. The third-order valence-electron chi connectivity index (χ3n) is 2.90. The van der Waals surface area contributed by atoms with Gasteiger partial charge in [0.2, 0.25) is 5.82 Å². The topological polar surface area (TPSA) is 71.8 Å². The summed E-state index contributed by atoms with van der Waals surface area (Å²) >= 11 is 0. The van der Waals surface area contributed by atoms with Crippen molar-refractivity contribution in [2.75, 3.05) is 0 Å². The van der Waals surface area contributed by atoms with Crippen molar-refractivity contribution < 1.29 is 4.92 Å². The lowest BCUT2D eigenvalue weighted by Crippen LogP contribution is -1.95. The van der Waals surface area contributed by atoms with Gasteiger partial charge in [0.15, 0.2) is 0 Å². The maximum Gasteiger partial charge on any atom is 0.389 e. The number of imidazole rings is 1. The van der Waals surface area contributed by atoms with Gasteiger partial charge in [-0.2, -0.15) is 0 Å². The van der Waals surface area contributed by atoms with Crippen LogP contribution in [-0.2, 0) is 0 Å². The zero-order chi connectivity index (χ0) is 13.4. The summed E-state index contributed by atoms with van der Waals surface area (Å²) in [7, 11) is 0. The Morgan fingerprint density at radius 1 is 1.17 bits per heavy atom. The van der Waals surface area contributed by atoms with Gasteiger partial charge in [-0.15, -0.1) is 0 Å². The molecule has 2 aromatic rings. The summed E-state index contributed by atoms with van der Waals surface area (Å²) in [6, 6.07) is 4.03. The Balaban J connectivity index is 2.73. The highest BCUT2D eigenvalue weighted by molar-refractivity contribution is 5.74. The molecule has 0 saturated heterocycles. The lowest BCUT2D eigenvalue weighted by molar-refractivity contribution is -0.388. The molecule has 0 radical (unpaired) electrons. The molecule has 2 rings (SSSR count). The summed E-state index contributed by atoms with van der Waals surface area (Å²) in [6.45, 7) is 7.64. The molecule has 0 aliphatic rings. The van der Waals surface area contributed by atoms with Crippen LogP contribution >= 0.6 is 0 Å². The Morgan fingerprint density at radius 2 is 1.72 bits per heavy atom. The van der Waals surface area contributed by atoms with Crippen molar-refractivity contribution in [1.29, 1.82) is 0 Å². The molecule has 0 amide bonds. The molecule has 1 aromatic heterocycles. The summed E-state index contributed by atoms with van der Waals surface area (Å²) in [6.07, 6.45) is 0. The predicted molar refractivity (Wildman–Crippen MR) is 69.6 cm³/mol. The van der Waals surface area contributed by atoms with Crippen molar-refractivity contribution in [3.8, 4) is 11.3 Å². The maximum absolute atomic E-state index is 11.0. The first kappa shape index (κ1) is 12.3. The van der Waals surface area contributed by atoms with Gasteiger partial charge in [-0.1, -0.05) is 17.7 Å². The molecule has 1 heterocycles. The van der Waals surface area contributed by atoms with E-state index in [1.165, 1.54) is 0 Å². The first-order chi connectivity index (χ1) is 8.40. The molecule has 0 aliphatic heterocycles. The third-order valence-corrected chi connectivity index (χ3v) is 2.90. The fourth-order valence-electron chi connectivity index (χ4n) is 2.36. The zero-order valence-corrected chi connectivity index (χ0v) is 10.9. The standard InChI is InChI=1S/C13H15N3O2/c1-7-5-8(2)11(9(3)6-7)12-13(16(17)18)15-10(4)14-12/h5-6H,1-4H3,(H,14,15). The monoisotopic (exact) mass is 245 g/mol. The van der Waals surface area contributed by atoms with E-state index in [1.807, 2.05) is 32.9 Å². The van der Waals surface area contributed by atoms with E-state index >= 15 is 0 Å². The first-order valence-electron chi connectivity index (χ1n) is 5.69. The lowest BCUT2D eigenvalue weighted by Gasteiger charge is -2.09. The molecule has 1 N–H and O–H groups in total. The summed E-state index contributed by atoms with van der Waals surface area (Å²) in [5.41, 5.74) is 4.53. The smallest absolute Gasteiger partial charge is 0.358 e. The summed E-state index contributed by atoms with van der Waals surface area (Å²) in [5, 5.41) is 11.0. The molecule has 0 unspecified atom stereocenters. The van der Waals surface area contributed by atoms with Crippen LogP contribution in [-0.4, -0.2) is 14.9 Å². The van der Waals surface area contributed by atoms with E-state index < -0.39 is 4.92 Å². The summed E-state index contributed by atoms with van der Waals surface area (Å²) < 4.78 is 0. The average molecular weight is 245 g/mol. The van der Waals surface area contributed by atoms with E-state index in [-0.39, 0.29) is 5.82 Å². The van der Waals surface area contributed by atoms with Gasteiger partial charge in [0.05, 0.1) is 0 Å². The van der Waals surface area contributed by atoms with E-state index in [4.69, 9.17) is 0 Å². The minimum Gasteiger partial charge on any atom is -0.358 e. The quantitative estimate of drug-likeness (QED) is 0.652. The number of H-pyrrole nitrogens is 1. The summed E-state index contributed by atoms with van der Waals surface area (Å²) in [4.78, 5) is 17.5. The Morgan fingerprint density at radius 3 is 2.22 bits per heavy atom. The second-order valence-corrected chi connectivity index (χ2v) is 4.55. The van der Waals surface area contributed by atoms with Gasteiger partial charge < -0.3 is 15.1 Å². The first-order valence-corrected chi connectivity index (χ1v) is 5.69. The number of nitro groups is 1. The highest BCUT2D eigenvalue weighted by Crippen LogP contribution is 2.33. The molecule has 0 fully saturated rings. The number of hydrogen-bond donors (Lipinski definition) is 1. The molecule has 5 heteroatoms. The highest BCUT2D eigenvalue weighted by atomic mass is 16.6. The van der Waals surface area contributed by atoms with Gasteiger partial charge >= 0.3 is 5.82 Å². The molecule has 0 aliphatic carbocycles.